The standard InChI is InChI=1S/C14H17Cl2NO3S/c15-12-9-11(7-8-13(12)21(16,19)20)17-14(18)10-5-3-1-2-4-6-10/h7-10H,1-6H2,(H,17,18). The molecule has 1 fully saturated rings. The molecular formula is C14H17Cl2NO3S. The first-order chi connectivity index (χ1) is 9.88. The first kappa shape index (κ1) is 16.6. The van der Waals surface area contributed by atoms with E-state index in [0.29, 0.717) is 5.69 Å². The maximum absolute atomic E-state index is 12.2. The van der Waals surface area contributed by atoms with Gasteiger partial charge >= 0.3 is 0 Å². The average molecular weight is 350 g/mol. The Kier molecular flexibility index (Phi) is 5.52. The molecule has 1 aromatic rings. The summed E-state index contributed by atoms with van der Waals surface area (Å²) in [7, 11) is 1.39. The summed E-state index contributed by atoms with van der Waals surface area (Å²) < 4.78 is 22.5. The van der Waals surface area contributed by atoms with Crippen LogP contribution in [-0.2, 0) is 13.8 Å². The molecule has 0 aromatic heterocycles. The molecular weight excluding hydrogens is 333 g/mol. The third kappa shape index (κ3) is 4.59. The Bertz CT molecular complexity index is 623. The Hall–Kier alpha value is -0.780. The normalized spacial score (nSPS) is 17.2. The zero-order chi connectivity index (χ0) is 15.5. The number of carbonyl (C=O) groups excluding carboxylic acids is 1. The summed E-state index contributed by atoms with van der Waals surface area (Å²) in [4.78, 5) is 12.1. The number of benzene rings is 1. The van der Waals surface area contributed by atoms with Crippen LogP contribution in [0, 0.1) is 5.92 Å². The van der Waals surface area contributed by atoms with Gasteiger partial charge in [-0.05, 0) is 31.0 Å². The molecule has 1 saturated carbocycles. The summed E-state index contributed by atoms with van der Waals surface area (Å²) in [5.41, 5.74) is 0.485. The molecule has 0 heterocycles. The first-order valence-electron chi connectivity index (χ1n) is 6.93. The Morgan fingerprint density at radius 2 is 1.76 bits per heavy atom. The maximum Gasteiger partial charge on any atom is 0.262 e. The quantitative estimate of drug-likeness (QED) is 0.657. The van der Waals surface area contributed by atoms with Crippen LogP contribution in [0.4, 0.5) is 5.69 Å². The van der Waals surface area contributed by atoms with E-state index < -0.39 is 9.05 Å². The minimum atomic E-state index is -3.88. The molecule has 1 aliphatic carbocycles. The summed E-state index contributed by atoms with van der Waals surface area (Å²) in [5, 5.41) is 2.80. The molecule has 7 heteroatoms. The maximum atomic E-state index is 12.2. The number of carbonyl (C=O) groups is 1. The Morgan fingerprint density at radius 3 is 2.29 bits per heavy atom. The van der Waals surface area contributed by atoms with E-state index in [0.717, 1.165) is 25.7 Å². The fourth-order valence-electron chi connectivity index (χ4n) is 2.56. The second-order valence-electron chi connectivity index (χ2n) is 5.26. The van der Waals surface area contributed by atoms with E-state index in [9.17, 15) is 13.2 Å². The summed E-state index contributed by atoms with van der Waals surface area (Å²) >= 11 is 5.89. The van der Waals surface area contributed by atoms with Crippen LogP contribution in [0.1, 0.15) is 38.5 Å². The third-order valence-corrected chi connectivity index (χ3v) is 5.49. The zero-order valence-electron chi connectivity index (χ0n) is 11.4. The van der Waals surface area contributed by atoms with E-state index >= 15 is 0 Å². The molecule has 0 radical (unpaired) electrons. The van der Waals surface area contributed by atoms with Crippen molar-refractivity contribution in [3.05, 3.63) is 23.2 Å². The molecule has 4 nitrogen and oxygen atoms in total. The van der Waals surface area contributed by atoms with Crippen molar-refractivity contribution in [3.63, 3.8) is 0 Å². The highest BCUT2D eigenvalue weighted by Gasteiger charge is 2.21. The van der Waals surface area contributed by atoms with Crippen LogP contribution >= 0.6 is 22.3 Å². The predicted molar refractivity (Wildman–Crippen MR) is 84.3 cm³/mol. The number of anilines is 1. The molecule has 2 rings (SSSR count). The summed E-state index contributed by atoms with van der Waals surface area (Å²) in [6, 6.07) is 4.20. The highest BCUT2D eigenvalue weighted by molar-refractivity contribution is 8.13. The molecule has 0 atom stereocenters. The van der Waals surface area contributed by atoms with Gasteiger partial charge in [0, 0.05) is 22.3 Å². The lowest BCUT2D eigenvalue weighted by Crippen LogP contribution is -2.22. The Morgan fingerprint density at radius 1 is 1.14 bits per heavy atom. The van der Waals surface area contributed by atoms with Crippen LogP contribution in [0.25, 0.3) is 0 Å². The number of nitrogens with one attached hydrogen (secondary N) is 1. The minimum absolute atomic E-state index is 0.00339. The van der Waals surface area contributed by atoms with E-state index in [1.807, 2.05) is 0 Å². The second kappa shape index (κ2) is 6.99. The van der Waals surface area contributed by atoms with E-state index in [1.165, 1.54) is 31.0 Å². The van der Waals surface area contributed by atoms with Gasteiger partial charge in [-0.1, -0.05) is 37.3 Å². The number of hydrogen-bond donors (Lipinski definition) is 1. The third-order valence-electron chi connectivity index (χ3n) is 3.69. The van der Waals surface area contributed by atoms with Gasteiger partial charge in [0.05, 0.1) is 5.02 Å². The van der Waals surface area contributed by atoms with E-state index in [-0.39, 0.29) is 21.7 Å². The van der Waals surface area contributed by atoms with Gasteiger partial charge in [-0.2, -0.15) is 0 Å². The number of hydrogen-bond acceptors (Lipinski definition) is 3. The summed E-state index contributed by atoms with van der Waals surface area (Å²) in [6.07, 6.45) is 6.29. The number of rotatable bonds is 3. The van der Waals surface area contributed by atoms with Gasteiger partial charge in [0.25, 0.3) is 9.05 Å². The lowest BCUT2D eigenvalue weighted by molar-refractivity contribution is -0.120. The van der Waals surface area contributed by atoms with Crippen molar-refractivity contribution >= 4 is 42.9 Å². The van der Waals surface area contributed by atoms with Crippen molar-refractivity contribution in [2.24, 2.45) is 5.92 Å². The van der Waals surface area contributed by atoms with Gasteiger partial charge in [0.1, 0.15) is 4.90 Å². The summed E-state index contributed by atoms with van der Waals surface area (Å²) in [5.74, 6) is -0.0165. The fraction of sp³-hybridized carbons (Fsp3) is 0.500. The van der Waals surface area contributed by atoms with Crippen molar-refractivity contribution in [1.82, 2.24) is 0 Å². The van der Waals surface area contributed by atoms with Crippen LogP contribution < -0.4 is 5.32 Å². The second-order valence-corrected chi connectivity index (χ2v) is 8.20. The van der Waals surface area contributed by atoms with Crippen LogP contribution in [0.3, 0.4) is 0 Å². The zero-order valence-corrected chi connectivity index (χ0v) is 13.8. The molecule has 0 spiro atoms. The minimum Gasteiger partial charge on any atom is -0.326 e. The van der Waals surface area contributed by atoms with Crippen molar-refractivity contribution in [3.8, 4) is 0 Å². The monoisotopic (exact) mass is 349 g/mol. The molecule has 0 saturated heterocycles. The van der Waals surface area contributed by atoms with Crippen molar-refractivity contribution < 1.29 is 13.2 Å². The number of amides is 1. The van der Waals surface area contributed by atoms with E-state index in [1.54, 1.807) is 0 Å². The van der Waals surface area contributed by atoms with Gasteiger partial charge in [0.15, 0.2) is 0 Å². The molecule has 1 amide bonds. The molecule has 0 aliphatic heterocycles. The highest BCUT2D eigenvalue weighted by Crippen LogP contribution is 2.29. The number of halogens is 2. The molecule has 21 heavy (non-hydrogen) atoms. The van der Waals surface area contributed by atoms with E-state index in [4.69, 9.17) is 22.3 Å². The average Bonchev–Trinajstić information content (AvgIpc) is 2.66. The fourth-order valence-corrected chi connectivity index (χ4v) is 4.09. The lowest BCUT2D eigenvalue weighted by Gasteiger charge is -2.14. The van der Waals surface area contributed by atoms with Crippen molar-refractivity contribution in [1.29, 1.82) is 0 Å². The molecule has 0 bridgehead atoms. The molecule has 116 valence electrons. The van der Waals surface area contributed by atoms with Gasteiger partial charge in [-0.15, -0.1) is 0 Å². The van der Waals surface area contributed by atoms with Crippen LogP contribution in [0.15, 0.2) is 23.1 Å². The highest BCUT2D eigenvalue weighted by atomic mass is 35.7. The summed E-state index contributed by atoms with van der Waals surface area (Å²) in [6.45, 7) is 0. The largest absolute Gasteiger partial charge is 0.326 e. The Balaban J connectivity index is 2.09. The van der Waals surface area contributed by atoms with E-state index in [2.05, 4.69) is 5.32 Å². The van der Waals surface area contributed by atoms with Crippen LogP contribution in [0.5, 0.6) is 0 Å². The predicted octanol–water partition coefficient (Wildman–Crippen LogP) is 4.18. The molecule has 1 aliphatic rings. The van der Waals surface area contributed by atoms with Crippen LogP contribution in [0.2, 0.25) is 5.02 Å². The van der Waals surface area contributed by atoms with Crippen molar-refractivity contribution in [2.75, 3.05) is 5.32 Å². The van der Waals surface area contributed by atoms with Gasteiger partial charge < -0.3 is 5.32 Å². The smallest absolute Gasteiger partial charge is 0.262 e. The SMILES string of the molecule is O=C(Nc1ccc(S(=O)(=O)Cl)c(Cl)c1)C1CCCCCC1. The topological polar surface area (TPSA) is 63.2 Å². The molecule has 1 aromatic carbocycles. The van der Waals surface area contributed by atoms with Gasteiger partial charge in [0.2, 0.25) is 5.91 Å². The van der Waals surface area contributed by atoms with Crippen molar-refractivity contribution in [2.45, 2.75) is 43.4 Å². The lowest BCUT2D eigenvalue weighted by atomic mass is 9.99. The Labute approximate surface area is 134 Å². The first-order valence-corrected chi connectivity index (χ1v) is 9.62. The molecule has 0 unspecified atom stereocenters. The molecule has 1 N–H and O–H groups in total. The van der Waals surface area contributed by atoms with Crippen LogP contribution in [-0.4, -0.2) is 14.3 Å². The van der Waals surface area contributed by atoms with Gasteiger partial charge in [-0.25, -0.2) is 8.42 Å². The van der Waals surface area contributed by atoms with Gasteiger partial charge in [-0.3, -0.25) is 4.79 Å².